The molecule has 2 aromatic carbocycles. The number of Topliss-reactive ketones (excluding diaryl/α,β-unsaturated/α-hetero) is 2. The first kappa shape index (κ1) is 78.3. The minimum atomic E-state index is -4.60. The molecule has 4 heterocycles. The summed E-state index contributed by atoms with van der Waals surface area (Å²) in [7, 11) is -8.97. The molecule has 6 N–H and O–H groups in total. The molecule has 4 aromatic rings. The van der Waals surface area contributed by atoms with Crippen molar-refractivity contribution in [2.45, 2.75) is 210 Å². The molecular weight excluding hydrogens is 1250 g/mol. The van der Waals surface area contributed by atoms with E-state index in [0.29, 0.717) is 57.2 Å². The number of phosphoric ester groups is 2. The van der Waals surface area contributed by atoms with E-state index in [0.717, 1.165) is 11.1 Å². The molecule has 0 saturated carbocycles. The molecule has 94 heavy (non-hydrogen) atoms. The van der Waals surface area contributed by atoms with Gasteiger partial charge in [-0.25, -0.2) is 29.1 Å². The molecule has 4 atom stereocenters. The van der Waals surface area contributed by atoms with Crippen LogP contribution < -0.4 is 21.3 Å². The van der Waals surface area contributed by atoms with Crippen molar-refractivity contribution in [2.75, 3.05) is 60.9 Å². The number of carbonyl (C=O) groups is 6. The fourth-order valence-electron chi connectivity index (χ4n) is 8.78. The predicted octanol–water partition coefficient (Wildman–Crippen LogP) is 10.6. The number of ether oxygens (including phenoxy) is 4. The third-order valence-electron chi connectivity index (χ3n) is 14.0. The SMILES string of the molecule is CC(C)(C)C(=O)OCC(COP(=O)(O)OCCCC(=O)c1ccc(CN2C(=O)Cc3c(N)nc(C(C)(C)C)nc32)cc1)OC(=O)C(C)(C)C.CC(C)(C)OCC(COP(=O)(O)OCCCC(=O)c1ccc(CN2C(=O)Cc3c(N)nc(C(C)(C)C)nc32)cc1)OC(C)(C)C. The molecule has 28 heteroatoms. The number of fused-ring (bicyclic) bond motifs is 2. The summed E-state index contributed by atoms with van der Waals surface area (Å²) in [6, 6.07) is 13.8. The van der Waals surface area contributed by atoms with Crippen molar-refractivity contribution in [2.24, 2.45) is 10.8 Å². The van der Waals surface area contributed by atoms with E-state index in [1.165, 1.54) is 0 Å². The van der Waals surface area contributed by atoms with Crippen LogP contribution in [0.2, 0.25) is 0 Å². The Labute approximate surface area is 552 Å². The molecule has 2 aromatic heterocycles. The first-order chi connectivity index (χ1) is 43.1. The van der Waals surface area contributed by atoms with Crippen molar-refractivity contribution in [3.8, 4) is 0 Å². The van der Waals surface area contributed by atoms with Crippen molar-refractivity contribution in [1.29, 1.82) is 0 Å². The molecule has 6 rings (SSSR count). The number of nitrogens with two attached hydrogens (primary N) is 2. The largest absolute Gasteiger partial charge is 0.472 e. The Kier molecular flexibility index (Phi) is 26.3. The van der Waals surface area contributed by atoms with Gasteiger partial charge in [0.05, 0.1) is 81.0 Å². The lowest BCUT2D eigenvalue weighted by Gasteiger charge is -2.30. The van der Waals surface area contributed by atoms with Crippen molar-refractivity contribution in [1.82, 2.24) is 19.9 Å². The maximum atomic E-state index is 12.8. The summed E-state index contributed by atoms with van der Waals surface area (Å²) in [4.78, 5) is 117. The quantitative estimate of drug-likeness (QED) is 0.0178. The van der Waals surface area contributed by atoms with E-state index in [-0.39, 0.29) is 119 Å². The monoisotopic (exact) mass is 1350 g/mol. The number of hydrogen-bond donors (Lipinski definition) is 4. The number of carbonyl (C=O) groups excluding carboxylic acids is 6. The molecule has 0 fully saturated rings. The Bertz CT molecular complexity index is 3430. The Balaban J connectivity index is 0.000000342. The summed E-state index contributed by atoms with van der Waals surface area (Å²) < 4.78 is 67.6. The topological polar surface area (TPSA) is 361 Å². The van der Waals surface area contributed by atoms with Crippen LogP contribution in [0, 0.1) is 10.8 Å². The van der Waals surface area contributed by atoms with Gasteiger partial charge < -0.3 is 40.2 Å². The number of nitrogen functional groups attached to an aromatic ring is 2. The fourth-order valence-corrected chi connectivity index (χ4v) is 10.4. The average Bonchev–Trinajstić information content (AvgIpc) is 1.61. The highest BCUT2D eigenvalue weighted by Crippen LogP contribution is 2.45. The second-order valence-electron chi connectivity index (χ2n) is 29.3. The number of esters is 2. The molecule has 520 valence electrons. The molecule has 0 radical (unpaired) electrons. The second-order valence-corrected chi connectivity index (χ2v) is 32.2. The van der Waals surface area contributed by atoms with E-state index in [9.17, 15) is 47.7 Å². The number of aromatic nitrogens is 4. The summed E-state index contributed by atoms with van der Waals surface area (Å²) in [5.74, 6) is 0.980. The van der Waals surface area contributed by atoms with E-state index in [1.807, 2.05) is 83.1 Å². The number of anilines is 4. The molecule has 0 spiro atoms. The van der Waals surface area contributed by atoms with Crippen LogP contribution in [0.25, 0.3) is 0 Å². The maximum absolute atomic E-state index is 12.8. The van der Waals surface area contributed by atoms with Gasteiger partial charge in [-0.1, -0.05) is 90.1 Å². The van der Waals surface area contributed by atoms with Crippen molar-refractivity contribution < 1.29 is 84.7 Å². The molecule has 26 nitrogen and oxygen atoms in total. The van der Waals surface area contributed by atoms with Gasteiger partial charge in [0.2, 0.25) is 11.8 Å². The Morgan fingerprint density at radius 1 is 0.521 bits per heavy atom. The van der Waals surface area contributed by atoms with Gasteiger partial charge in [-0.05, 0) is 107 Å². The second kappa shape index (κ2) is 31.6. The Morgan fingerprint density at radius 3 is 1.26 bits per heavy atom. The molecule has 0 aliphatic carbocycles. The predicted molar refractivity (Wildman–Crippen MR) is 354 cm³/mol. The van der Waals surface area contributed by atoms with Crippen LogP contribution in [-0.4, -0.2) is 128 Å². The summed E-state index contributed by atoms with van der Waals surface area (Å²) in [6.07, 6.45) is -0.992. The van der Waals surface area contributed by atoms with Crippen LogP contribution in [-0.2, 0) is 102 Å². The highest BCUT2D eigenvalue weighted by molar-refractivity contribution is 7.47. The van der Waals surface area contributed by atoms with Crippen LogP contribution in [0.1, 0.15) is 205 Å². The number of rotatable bonds is 28. The molecule has 2 amide bonds. The maximum Gasteiger partial charge on any atom is 0.472 e. The van der Waals surface area contributed by atoms with Gasteiger partial charge in [-0.3, -0.25) is 56.7 Å². The molecule has 2 aliphatic heterocycles. The first-order valence-electron chi connectivity index (χ1n) is 31.2. The highest BCUT2D eigenvalue weighted by Gasteiger charge is 2.37. The number of nitrogens with zero attached hydrogens (tertiary/aromatic N) is 6. The van der Waals surface area contributed by atoms with E-state index in [1.54, 1.807) is 99.9 Å². The average molecular weight is 1350 g/mol. The zero-order valence-corrected chi connectivity index (χ0v) is 59.6. The van der Waals surface area contributed by atoms with Crippen LogP contribution in [0.5, 0.6) is 0 Å². The Morgan fingerprint density at radius 2 is 0.904 bits per heavy atom. The molecule has 0 saturated heterocycles. The third kappa shape index (κ3) is 24.6. The van der Waals surface area contributed by atoms with Gasteiger partial charge >= 0.3 is 27.6 Å². The van der Waals surface area contributed by atoms with Crippen LogP contribution in [0.15, 0.2) is 48.5 Å². The van der Waals surface area contributed by atoms with Gasteiger partial charge in [-0.15, -0.1) is 0 Å². The molecule has 4 unspecified atom stereocenters. The summed E-state index contributed by atoms with van der Waals surface area (Å²) in [5, 5.41) is 0. The number of amides is 2. The standard InChI is InChI=1S/C34H49N4O10P.C32H49N4O8P/c1-32(2,3)29-36-27(35)24-17-26(40)38(28(24)37-29)18-21-12-14-22(15-13-21)25(39)11-10-16-46-49(43,44)47-20-23(48-31(42)34(7,8)9)19-45-30(41)33(4,5)6;1-30(2,3)29-34-27(33)24-17-26(38)36(28(24)35-29)18-21-12-14-22(15-13-21)25(37)11-10-16-42-45(39,40)43-20-23(44-32(7,8)9)19-41-31(4,5)6/h12-15,23H,10-11,16-20H2,1-9H3,(H,43,44)(H2,35,36,37);12-15,23H,10-11,16-20H2,1-9H3,(H,39,40)(H2,33,34,35). The van der Waals surface area contributed by atoms with Gasteiger partial charge in [0, 0.05) is 45.9 Å². The van der Waals surface area contributed by atoms with Gasteiger partial charge in [0.25, 0.3) is 0 Å². The van der Waals surface area contributed by atoms with E-state index in [2.05, 4.69) is 19.9 Å². The number of phosphoric acid groups is 2. The fraction of sp³-hybridized carbons (Fsp3) is 0.606. The number of benzene rings is 2. The summed E-state index contributed by atoms with van der Waals surface area (Å²) in [6.45, 7) is 32.2. The van der Waals surface area contributed by atoms with Crippen molar-refractivity contribution in [3.05, 3.63) is 93.6 Å². The van der Waals surface area contributed by atoms with Crippen molar-refractivity contribution in [3.63, 3.8) is 0 Å². The molecule has 0 bridgehead atoms. The minimum absolute atomic E-state index is 0.0255. The van der Waals surface area contributed by atoms with Gasteiger partial charge in [0.15, 0.2) is 17.7 Å². The lowest BCUT2D eigenvalue weighted by Crippen LogP contribution is -2.36. The van der Waals surface area contributed by atoms with E-state index >= 15 is 0 Å². The Hall–Kier alpha value is -6.44. The summed E-state index contributed by atoms with van der Waals surface area (Å²) in [5.41, 5.74) is 12.8. The van der Waals surface area contributed by atoms with Gasteiger partial charge in [0.1, 0.15) is 47.6 Å². The first-order valence-corrected chi connectivity index (χ1v) is 34.2. The zero-order chi connectivity index (χ0) is 70.7. The molecule has 2 aliphatic rings. The van der Waals surface area contributed by atoms with Crippen LogP contribution in [0.3, 0.4) is 0 Å². The number of hydrogen-bond acceptors (Lipinski definition) is 22. The summed E-state index contributed by atoms with van der Waals surface area (Å²) >= 11 is 0. The van der Waals surface area contributed by atoms with Crippen molar-refractivity contribution >= 4 is 74.2 Å². The van der Waals surface area contributed by atoms with E-state index < -0.39 is 68.4 Å². The van der Waals surface area contributed by atoms with E-state index in [4.69, 9.17) is 48.5 Å². The normalized spacial score (nSPS) is 15.7. The molecular formula is C66H98N8O18P2. The zero-order valence-electron chi connectivity index (χ0n) is 57.8. The minimum Gasteiger partial charge on any atom is -0.461 e. The third-order valence-corrected chi connectivity index (χ3v) is 15.9. The van der Waals surface area contributed by atoms with Crippen LogP contribution in [0.4, 0.5) is 23.3 Å². The lowest BCUT2D eigenvalue weighted by molar-refractivity contribution is -0.171. The van der Waals surface area contributed by atoms with Crippen LogP contribution >= 0.6 is 15.6 Å². The lowest BCUT2D eigenvalue weighted by atomic mass is 9.95. The smallest absolute Gasteiger partial charge is 0.461 e. The number of ketones is 2. The van der Waals surface area contributed by atoms with Gasteiger partial charge in [-0.2, -0.15) is 0 Å². The highest BCUT2D eigenvalue weighted by atomic mass is 31.2.